The summed E-state index contributed by atoms with van der Waals surface area (Å²) < 4.78 is -6.39. The van der Waals surface area contributed by atoms with Gasteiger partial charge in [0, 0.05) is 0 Å². The van der Waals surface area contributed by atoms with Gasteiger partial charge in [0.2, 0.25) is 0 Å². The van der Waals surface area contributed by atoms with Crippen molar-refractivity contribution in [3.05, 3.63) is 20.1 Å². The molecule has 0 unspecified atom stereocenters. The molecule has 0 radical (unpaired) electrons. The van der Waals surface area contributed by atoms with Crippen LogP contribution in [-0.2, 0) is 0 Å². The summed E-state index contributed by atoms with van der Waals surface area (Å²) in [5.41, 5.74) is 0. The van der Waals surface area contributed by atoms with Crippen LogP contribution in [0.5, 0.6) is 0 Å². The maximum absolute atomic E-state index is 5.96. The van der Waals surface area contributed by atoms with Crippen LogP contribution < -0.4 is 0 Å². The van der Waals surface area contributed by atoms with Crippen LogP contribution in [0.1, 0.15) is 0 Å². The molecule has 0 aliphatic heterocycles. The van der Waals surface area contributed by atoms with E-state index < -0.39 is 13.0 Å². The molecular formula is C7Cl10. The summed E-state index contributed by atoms with van der Waals surface area (Å²) in [4.78, 5) is 0. The lowest BCUT2D eigenvalue weighted by Crippen LogP contribution is -2.49. The van der Waals surface area contributed by atoms with Crippen LogP contribution in [0.3, 0.4) is 0 Å². The number of hydrogen-bond donors (Lipinski definition) is 0. The molecule has 17 heavy (non-hydrogen) atoms. The summed E-state index contributed by atoms with van der Waals surface area (Å²) in [6, 6.07) is 0. The van der Waals surface area contributed by atoms with Crippen molar-refractivity contribution in [2.24, 2.45) is 0 Å². The summed E-state index contributed by atoms with van der Waals surface area (Å²) >= 11 is 59.1. The van der Waals surface area contributed by atoms with E-state index in [1.807, 2.05) is 0 Å². The van der Waals surface area contributed by atoms with Gasteiger partial charge >= 0.3 is 0 Å². The average Bonchev–Trinajstić information content (AvgIpc) is 2.24. The van der Waals surface area contributed by atoms with Crippen LogP contribution in [0.25, 0.3) is 0 Å². The molecule has 0 aromatic heterocycles. The molecule has 10 heteroatoms. The zero-order chi connectivity index (χ0) is 13.8. The predicted molar refractivity (Wildman–Crippen MR) is 80.8 cm³/mol. The zero-order valence-corrected chi connectivity index (χ0v) is 14.8. The summed E-state index contributed by atoms with van der Waals surface area (Å²) in [5.74, 6) is 0. The fourth-order valence-electron chi connectivity index (χ4n) is 0.941. The third-order valence-electron chi connectivity index (χ3n) is 1.92. The molecule has 0 amide bonds. The number of rotatable bonds is 0. The molecule has 0 aromatic rings. The minimum absolute atomic E-state index is 0.239. The van der Waals surface area contributed by atoms with Crippen molar-refractivity contribution >= 4 is 116 Å². The van der Waals surface area contributed by atoms with Gasteiger partial charge in [0.15, 0.2) is 13.0 Å². The van der Waals surface area contributed by atoms with Crippen molar-refractivity contribution in [1.82, 2.24) is 0 Å². The van der Waals surface area contributed by atoms with E-state index in [1.54, 1.807) is 0 Å². The van der Waals surface area contributed by atoms with E-state index in [0.29, 0.717) is 0 Å². The third kappa shape index (κ3) is 2.50. The van der Waals surface area contributed by atoms with Crippen molar-refractivity contribution in [1.29, 1.82) is 0 Å². The first-order chi connectivity index (χ1) is 7.39. The average molecular weight is 439 g/mol. The molecule has 0 N–H and O–H groups in total. The van der Waals surface area contributed by atoms with Crippen molar-refractivity contribution in [2.75, 3.05) is 0 Å². The molecule has 1 aliphatic carbocycles. The first kappa shape index (κ1) is 17.4. The largest absolute Gasteiger partial charge is 0.193 e. The molecule has 1 aliphatic rings. The van der Waals surface area contributed by atoms with Gasteiger partial charge in [0.05, 0.1) is 20.1 Å². The monoisotopic (exact) mass is 434 g/mol. The van der Waals surface area contributed by atoms with Crippen LogP contribution in [0.4, 0.5) is 0 Å². The van der Waals surface area contributed by atoms with Crippen molar-refractivity contribution in [3.8, 4) is 0 Å². The predicted octanol–water partition coefficient (Wildman–Crippen LogP) is 6.90. The molecule has 0 saturated heterocycles. The summed E-state index contributed by atoms with van der Waals surface area (Å²) in [5, 5.41) is -1.15. The van der Waals surface area contributed by atoms with Gasteiger partial charge < -0.3 is 0 Å². The Labute approximate surface area is 148 Å². The Morgan fingerprint density at radius 2 is 0.765 bits per heavy atom. The molecular weight excluding hydrogens is 439 g/mol. The first-order valence-electron chi connectivity index (χ1n) is 3.64. The van der Waals surface area contributed by atoms with Crippen molar-refractivity contribution in [2.45, 2.75) is 13.0 Å². The Bertz CT molecular complexity index is 376. The molecule has 0 heterocycles. The van der Waals surface area contributed by atoms with Crippen LogP contribution in [-0.4, -0.2) is 13.0 Å². The van der Waals surface area contributed by atoms with Gasteiger partial charge in [-0.3, -0.25) is 0 Å². The molecule has 0 spiro atoms. The van der Waals surface area contributed by atoms with Gasteiger partial charge in [-0.2, -0.15) is 0 Å². The van der Waals surface area contributed by atoms with E-state index in [1.165, 1.54) is 0 Å². The van der Waals surface area contributed by atoms with Gasteiger partial charge in [-0.15, -0.1) is 0 Å². The van der Waals surface area contributed by atoms with Crippen LogP contribution in [0.15, 0.2) is 20.1 Å². The van der Waals surface area contributed by atoms with Gasteiger partial charge in [0.1, 0.15) is 0 Å². The highest BCUT2D eigenvalue weighted by Gasteiger charge is 2.65. The maximum atomic E-state index is 5.96. The Kier molecular flexibility index (Phi) is 5.43. The van der Waals surface area contributed by atoms with E-state index in [4.69, 9.17) is 116 Å². The fraction of sp³-hybridized carbons (Fsp3) is 0.429. The smallest absolute Gasteiger partial charge is 0.0940 e. The molecule has 0 saturated carbocycles. The fourth-order valence-corrected chi connectivity index (χ4v) is 3.89. The quantitative estimate of drug-likeness (QED) is 0.361. The second-order valence-corrected chi connectivity index (χ2v) is 8.47. The minimum Gasteiger partial charge on any atom is -0.0940 e. The molecule has 0 atom stereocenters. The SMILES string of the molecule is ClC1=C(Cl)C(Cl)(Cl)C(Cl)(Cl)C(Cl)(Cl)C(Cl)=C1Cl. The Morgan fingerprint density at radius 3 is 1.00 bits per heavy atom. The summed E-state index contributed by atoms with van der Waals surface area (Å²) in [6.45, 7) is 0. The molecule has 0 nitrogen and oxygen atoms in total. The van der Waals surface area contributed by atoms with Gasteiger partial charge in [-0.1, -0.05) is 116 Å². The van der Waals surface area contributed by atoms with E-state index >= 15 is 0 Å². The number of alkyl halides is 6. The van der Waals surface area contributed by atoms with Gasteiger partial charge in [-0.05, 0) is 0 Å². The summed E-state index contributed by atoms with van der Waals surface area (Å²) in [6.07, 6.45) is 0. The number of halogens is 10. The molecule has 0 aromatic carbocycles. The minimum atomic E-state index is -2.18. The lowest BCUT2D eigenvalue weighted by atomic mass is 10.2. The van der Waals surface area contributed by atoms with E-state index in [-0.39, 0.29) is 20.1 Å². The van der Waals surface area contributed by atoms with Crippen LogP contribution in [0.2, 0.25) is 0 Å². The molecule has 1 rings (SSSR count). The topological polar surface area (TPSA) is 0 Å². The molecule has 0 fully saturated rings. The second-order valence-electron chi connectivity index (χ2n) is 2.98. The number of allylic oxidation sites excluding steroid dienone is 4. The second kappa shape index (κ2) is 5.30. The normalized spacial score (nSPS) is 27.2. The lowest BCUT2D eigenvalue weighted by molar-refractivity contribution is 0.712. The Morgan fingerprint density at radius 1 is 0.529 bits per heavy atom. The highest BCUT2D eigenvalue weighted by atomic mass is 35.5. The van der Waals surface area contributed by atoms with Crippen LogP contribution >= 0.6 is 116 Å². The first-order valence-corrected chi connectivity index (χ1v) is 7.42. The lowest BCUT2D eigenvalue weighted by Gasteiger charge is -2.39. The maximum Gasteiger partial charge on any atom is 0.193 e. The highest BCUT2D eigenvalue weighted by molar-refractivity contribution is 6.75. The molecule has 98 valence electrons. The zero-order valence-electron chi connectivity index (χ0n) is 7.28. The summed E-state index contributed by atoms with van der Waals surface area (Å²) in [7, 11) is 0. The van der Waals surface area contributed by atoms with E-state index in [0.717, 1.165) is 0 Å². The molecule has 0 bridgehead atoms. The standard InChI is InChI=1S/C7Cl10/c8-1-2(9)4(11)6(14,15)7(16,17)5(12,13)3(1)10. The van der Waals surface area contributed by atoms with Crippen LogP contribution in [0, 0.1) is 0 Å². The van der Waals surface area contributed by atoms with E-state index in [2.05, 4.69) is 0 Å². The Hall–Kier alpha value is 2.38. The highest BCUT2D eigenvalue weighted by Crippen LogP contribution is 2.64. The van der Waals surface area contributed by atoms with Gasteiger partial charge in [-0.25, -0.2) is 0 Å². The number of hydrogen-bond acceptors (Lipinski definition) is 0. The van der Waals surface area contributed by atoms with Crippen molar-refractivity contribution < 1.29 is 0 Å². The van der Waals surface area contributed by atoms with Crippen molar-refractivity contribution in [3.63, 3.8) is 0 Å². The van der Waals surface area contributed by atoms with E-state index in [9.17, 15) is 0 Å². The van der Waals surface area contributed by atoms with Gasteiger partial charge in [0.25, 0.3) is 0 Å². The Balaban J connectivity index is 3.71. The third-order valence-corrected chi connectivity index (χ3v) is 8.09.